The Morgan fingerprint density at radius 2 is 1.95 bits per heavy atom. The lowest BCUT2D eigenvalue weighted by atomic mass is 9.82. The summed E-state index contributed by atoms with van der Waals surface area (Å²) in [6.07, 6.45) is 1.75. The van der Waals surface area contributed by atoms with Crippen molar-refractivity contribution in [1.29, 1.82) is 0 Å². The van der Waals surface area contributed by atoms with Crippen molar-refractivity contribution in [1.82, 2.24) is 5.32 Å². The Bertz CT molecular complexity index is 456. The molecule has 1 aliphatic heterocycles. The molecule has 0 bridgehead atoms. The number of rotatable bonds is 6. The van der Waals surface area contributed by atoms with E-state index in [4.69, 9.17) is 32.7 Å². The van der Waals surface area contributed by atoms with Gasteiger partial charge in [-0.25, -0.2) is 0 Å². The smallest absolute Gasteiger partial charge is 0.0919 e. The lowest BCUT2D eigenvalue weighted by Crippen LogP contribution is -2.50. The number of ether oxygens (including phenoxy) is 2. The molecule has 0 radical (unpaired) electrons. The van der Waals surface area contributed by atoms with Gasteiger partial charge in [-0.05, 0) is 31.2 Å². The van der Waals surface area contributed by atoms with E-state index in [0.29, 0.717) is 16.7 Å². The highest BCUT2D eigenvalue weighted by Gasteiger charge is 2.41. The number of nitrogens with one attached hydrogen (secondary N) is 1. The Balaban J connectivity index is 2.36. The van der Waals surface area contributed by atoms with Crippen molar-refractivity contribution in [2.24, 2.45) is 0 Å². The maximum atomic E-state index is 6.19. The minimum atomic E-state index is -0.250. The summed E-state index contributed by atoms with van der Waals surface area (Å²) in [5, 5.41) is 4.72. The summed E-state index contributed by atoms with van der Waals surface area (Å²) >= 11 is 12.2. The molecular weight excluding hydrogens is 309 g/mol. The molecule has 1 N–H and O–H groups in total. The largest absolute Gasteiger partial charge is 0.381 e. The lowest BCUT2D eigenvalue weighted by Gasteiger charge is -2.43. The summed E-state index contributed by atoms with van der Waals surface area (Å²) in [6.45, 7) is 7.13. The van der Waals surface area contributed by atoms with Gasteiger partial charge in [0.25, 0.3) is 0 Å². The molecular formula is C16H23Cl2NO2. The molecule has 1 fully saturated rings. The van der Waals surface area contributed by atoms with Crippen LogP contribution in [0.25, 0.3) is 0 Å². The zero-order chi connectivity index (χ0) is 15.3. The number of benzene rings is 1. The van der Waals surface area contributed by atoms with Crippen LogP contribution in [0.1, 0.15) is 38.3 Å². The highest BCUT2D eigenvalue weighted by Crippen LogP contribution is 2.39. The van der Waals surface area contributed by atoms with Crippen molar-refractivity contribution >= 4 is 23.2 Å². The second-order valence-corrected chi connectivity index (χ2v) is 6.09. The fourth-order valence-electron chi connectivity index (χ4n) is 3.02. The zero-order valence-corrected chi connectivity index (χ0v) is 14.1. The van der Waals surface area contributed by atoms with Crippen LogP contribution in [-0.4, -0.2) is 32.0 Å². The first kappa shape index (κ1) is 17.0. The quantitative estimate of drug-likeness (QED) is 0.846. The molecule has 1 aliphatic rings. The highest BCUT2D eigenvalue weighted by molar-refractivity contribution is 6.42. The fraction of sp³-hybridized carbons (Fsp3) is 0.625. The van der Waals surface area contributed by atoms with Crippen molar-refractivity contribution in [2.75, 3.05) is 26.4 Å². The van der Waals surface area contributed by atoms with E-state index in [-0.39, 0.29) is 11.6 Å². The standard InChI is InChI=1S/C16H23Cl2NO2/c1-3-19-15(12-5-6-13(17)14(18)11-12)16(21-4-2)7-9-20-10-8-16/h5-6,11,15,19H,3-4,7-10H2,1-2H3. The molecule has 0 spiro atoms. The summed E-state index contributed by atoms with van der Waals surface area (Å²) in [5.41, 5.74) is 0.863. The van der Waals surface area contributed by atoms with E-state index in [2.05, 4.69) is 12.2 Å². The van der Waals surface area contributed by atoms with Gasteiger partial charge < -0.3 is 14.8 Å². The van der Waals surface area contributed by atoms with Crippen LogP contribution >= 0.6 is 23.2 Å². The van der Waals surface area contributed by atoms with E-state index < -0.39 is 0 Å². The Hall–Kier alpha value is -0.320. The van der Waals surface area contributed by atoms with Gasteiger partial charge in [-0.2, -0.15) is 0 Å². The molecule has 1 atom stereocenters. The average molecular weight is 332 g/mol. The SMILES string of the molecule is CCNC(c1ccc(Cl)c(Cl)c1)C1(OCC)CCOCC1. The molecule has 1 saturated heterocycles. The van der Waals surface area contributed by atoms with Crippen LogP contribution in [0.4, 0.5) is 0 Å². The Morgan fingerprint density at radius 3 is 2.52 bits per heavy atom. The molecule has 0 saturated carbocycles. The van der Waals surface area contributed by atoms with Crippen LogP contribution in [0, 0.1) is 0 Å². The topological polar surface area (TPSA) is 30.5 Å². The zero-order valence-electron chi connectivity index (χ0n) is 12.6. The summed E-state index contributed by atoms with van der Waals surface area (Å²) < 4.78 is 11.7. The number of likely N-dealkylation sites (N-methyl/N-ethyl adjacent to an activating group) is 1. The van der Waals surface area contributed by atoms with E-state index in [1.54, 1.807) is 0 Å². The second-order valence-electron chi connectivity index (χ2n) is 5.27. The molecule has 1 heterocycles. The van der Waals surface area contributed by atoms with Crippen LogP contribution in [0.3, 0.4) is 0 Å². The van der Waals surface area contributed by atoms with Gasteiger partial charge in [0.15, 0.2) is 0 Å². The molecule has 118 valence electrons. The molecule has 2 rings (SSSR count). The van der Waals surface area contributed by atoms with E-state index >= 15 is 0 Å². The predicted octanol–water partition coefficient (Wildman–Crippen LogP) is 4.23. The van der Waals surface area contributed by atoms with Crippen LogP contribution in [0.15, 0.2) is 18.2 Å². The molecule has 3 nitrogen and oxygen atoms in total. The summed E-state index contributed by atoms with van der Waals surface area (Å²) in [6, 6.07) is 5.90. The predicted molar refractivity (Wildman–Crippen MR) is 87.3 cm³/mol. The molecule has 0 amide bonds. The van der Waals surface area contributed by atoms with Crippen LogP contribution in [0.2, 0.25) is 10.0 Å². The van der Waals surface area contributed by atoms with Gasteiger partial charge in [0.05, 0.1) is 21.7 Å². The van der Waals surface area contributed by atoms with E-state index in [1.165, 1.54) is 0 Å². The minimum absolute atomic E-state index is 0.0844. The van der Waals surface area contributed by atoms with Crippen molar-refractivity contribution < 1.29 is 9.47 Å². The Kier molecular flexibility index (Phi) is 6.33. The third-order valence-electron chi connectivity index (χ3n) is 3.98. The maximum Gasteiger partial charge on any atom is 0.0919 e. The van der Waals surface area contributed by atoms with Gasteiger partial charge in [-0.15, -0.1) is 0 Å². The van der Waals surface area contributed by atoms with Crippen LogP contribution in [-0.2, 0) is 9.47 Å². The van der Waals surface area contributed by atoms with Crippen molar-refractivity contribution in [2.45, 2.75) is 38.3 Å². The van der Waals surface area contributed by atoms with Gasteiger partial charge in [0, 0.05) is 32.7 Å². The fourth-order valence-corrected chi connectivity index (χ4v) is 3.33. The summed E-state index contributed by atoms with van der Waals surface area (Å²) in [7, 11) is 0. The Morgan fingerprint density at radius 1 is 1.24 bits per heavy atom. The highest BCUT2D eigenvalue weighted by atomic mass is 35.5. The third kappa shape index (κ3) is 3.91. The first-order valence-electron chi connectivity index (χ1n) is 7.53. The van der Waals surface area contributed by atoms with Gasteiger partial charge in [0.1, 0.15) is 0 Å². The lowest BCUT2D eigenvalue weighted by molar-refractivity contribution is -0.127. The first-order chi connectivity index (χ1) is 10.1. The van der Waals surface area contributed by atoms with E-state index in [9.17, 15) is 0 Å². The molecule has 21 heavy (non-hydrogen) atoms. The number of hydrogen-bond donors (Lipinski definition) is 1. The average Bonchev–Trinajstić information content (AvgIpc) is 2.49. The van der Waals surface area contributed by atoms with Gasteiger partial charge >= 0.3 is 0 Å². The molecule has 5 heteroatoms. The van der Waals surface area contributed by atoms with Crippen LogP contribution in [0.5, 0.6) is 0 Å². The van der Waals surface area contributed by atoms with Crippen molar-refractivity contribution in [3.63, 3.8) is 0 Å². The second kappa shape index (κ2) is 7.80. The maximum absolute atomic E-state index is 6.19. The molecule has 0 aromatic heterocycles. The van der Waals surface area contributed by atoms with Crippen molar-refractivity contribution in [3.05, 3.63) is 33.8 Å². The number of halogens is 2. The van der Waals surface area contributed by atoms with E-state index in [0.717, 1.165) is 38.2 Å². The molecule has 1 aromatic carbocycles. The Labute approximate surface area is 136 Å². The van der Waals surface area contributed by atoms with Crippen LogP contribution < -0.4 is 5.32 Å². The third-order valence-corrected chi connectivity index (χ3v) is 4.72. The van der Waals surface area contributed by atoms with Gasteiger partial charge in [0.2, 0.25) is 0 Å². The molecule has 1 unspecified atom stereocenters. The summed E-state index contributed by atoms with van der Waals surface area (Å²) in [5.74, 6) is 0. The van der Waals surface area contributed by atoms with Crippen molar-refractivity contribution in [3.8, 4) is 0 Å². The normalized spacial score (nSPS) is 19.4. The van der Waals surface area contributed by atoms with Gasteiger partial charge in [-0.1, -0.05) is 36.2 Å². The first-order valence-corrected chi connectivity index (χ1v) is 8.28. The molecule has 1 aromatic rings. The van der Waals surface area contributed by atoms with E-state index in [1.807, 2.05) is 25.1 Å². The molecule has 0 aliphatic carbocycles. The summed E-state index contributed by atoms with van der Waals surface area (Å²) in [4.78, 5) is 0. The number of hydrogen-bond acceptors (Lipinski definition) is 3. The van der Waals surface area contributed by atoms with Gasteiger partial charge in [-0.3, -0.25) is 0 Å². The monoisotopic (exact) mass is 331 g/mol. The minimum Gasteiger partial charge on any atom is -0.381 e.